The molecule has 2 N–H and O–H groups in total. The molecule has 5 nitrogen and oxygen atoms in total. The Morgan fingerprint density at radius 1 is 1.15 bits per heavy atom. The van der Waals surface area contributed by atoms with Gasteiger partial charge in [-0.1, -0.05) is 12.5 Å². The highest BCUT2D eigenvalue weighted by Gasteiger charge is 2.37. The minimum Gasteiger partial charge on any atom is -0.342 e. The van der Waals surface area contributed by atoms with Crippen molar-refractivity contribution in [2.45, 2.75) is 51.4 Å². The van der Waals surface area contributed by atoms with Crippen LogP contribution in [0.4, 0.5) is 0 Å². The maximum Gasteiger partial charge on any atom is 0.274 e. The fourth-order valence-corrected chi connectivity index (χ4v) is 4.91. The number of fused-ring (bicyclic) bond motifs is 1. The first kappa shape index (κ1) is 17.5. The lowest BCUT2D eigenvalue weighted by Gasteiger charge is -2.40. The summed E-state index contributed by atoms with van der Waals surface area (Å²) in [6, 6.07) is 5.63. The Bertz CT molecular complexity index is 698. The van der Waals surface area contributed by atoms with Crippen molar-refractivity contribution in [2.24, 2.45) is 17.8 Å². The largest absolute Gasteiger partial charge is 0.342 e. The van der Waals surface area contributed by atoms with Gasteiger partial charge in [0.1, 0.15) is 0 Å². The second-order valence-corrected chi connectivity index (χ2v) is 8.26. The number of hydrogen-bond donors (Lipinski definition) is 2. The summed E-state index contributed by atoms with van der Waals surface area (Å²) in [5.41, 5.74) is 4.61. The quantitative estimate of drug-likeness (QED) is 0.644. The van der Waals surface area contributed by atoms with Crippen molar-refractivity contribution < 1.29 is 14.8 Å². The molecule has 26 heavy (non-hydrogen) atoms. The molecule has 5 heteroatoms. The van der Waals surface area contributed by atoms with E-state index in [9.17, 15) is 9.59 Å². The SMILES string of the molecule is O=C(NO)c1ccc2c(c1)CCC(C1CCCN(CC3CCC3)C1=O)C2. The maximum absolute atomic E-state index is 13.0. The van der Waals surface area contributed by atoms with Gasteiger partial charge < -0.3 is 4.90 Å². The number of carbonyl (C=O) groups excluding carboxylic acids is 2. The second-order valence-electron chi connectivity index (χ2n) is 8.26. The Morgan fingerprint density at radius 2 is 2.00 bits per heavy atom. The molecule has 2 fully saturated rings. The van der Waals surface area contributed by atoms with Gasteiger partial charge in [-0.05, 0) is 80.0 Å². The van der Waals surface area contributed by atoms with E-state index in [4.69, 9.17) is 5.21 Å². The van der Waals surface area contributed by atoms with Gasteiger partial charge in [0.2, 0.25) is 5.91 Å². The molecule has 1 aliphatic heterocycles. The number of rotatable bonds is 4. The van der Waals surface area contributed by atoms with Gasteiger partial charge in [0.15, 0.2) is 0 Å². The van der Waals surface area contributed by atoms with E-state index in [0.717, 1.165) is 51.1 Å². The molecule has 140 valence electrons. The molecule has 1 saturated heterocycles. The monoisotopic (exact) mass is 356 g/mol. The van der Waals surface area contributed by atoms with E-state index in [1.807, 2.05) is 12.1 Å². The highest BCUT2D eigenvalue weighted by atomic mass is 16.5. The van der Waals surface area contributed by atoms with Crippen LogP contribution in [0.15, 0.2) is 18.2 Å². The van der Waals surface area contributed by atoms with Crippen molar-refractivity contribution in [3.05, 3.63) is 34.9 Å². The van der Waals surface area contributed by atoms with Crippen molar-refractivity contribution >= 4 is 11.8 Å². The van der Waals surface area contributed by atoms with Crippen LogP contribution < -0.4 is 5.48 Å². The first-order valence-corrected chi connectivity index (χ1v) is 10.0. The molecule has 3 aliphatic rings. The summed E-state index contributed by atoms with van der Waals surface area (Å²) in [6.45, 7) is 1.91. The Balaban J connectivity index is 1.44. The number of hydrogen-bond acceptors (Lipinski definition) is 3. The van der Waals surface area contributed by atoms with Crippen molar-refractivity contribution in [1.82, 2.24) is 10.4 Å². The second kappa shape index (κ2) is 7.39. The zero-order valence-corrected chi connectivity index (χ0v) is 15.2. The molecular formula is C21H28N2O3. The van der Waals surface area contributed by atoms with E-state index in [-0.39, 0.29) is 5.92 Å². The predicted molar refractivity (Wildman–Crippen MR) is 97.9 cm³/mol. The predicted octanol–water partition coefficient (Wildman–Crippen LogP) is 2.95. The van der Waals surface area contributed by atoms with Crippen LogP contribution in [0.1, 0.15) is 60.0 Å². The van der Waals surface area contributed by atoms with Gasteiger partial charge in [0.05, 0.1) is 0 Å². The molecule has 0 bridgehead atoms. The number of nitrogens with one attached hydrogen (secondary N) is 1. The first-order chi connectivity index (χ1) is 12.7. The van der Waals surface area contributed by atoms with Crippen LogP contribution >= 0.6 is 0 Å². The number of carbonyl (C=O) groups is 2. The lowest BCUT2D eigenvalue weighted by Crippen LogP contribution is -2.47. The van der Waals surface area contributed by atoms with Crippen LogP contribution in [0.2, 0.25) is 0 Å². The minimum atomic E-state index is -0.469. The molecule has 1 heterocycles. The lowest BCUT2D eigenvalue weighted by atomic mass is 9.73. The minimum absolute atomic E-state index is 0.164. The third kappa shape index (κ3) is 3.37. The Hall–Kier alpha value is -1.88. The number of piperidine rings is 1. The smallest absolute Gasteiger partial charge is 0.274 e. The van der Waals surface area contributed by atoms with Crippen molar-refractivity contribution in [3.63, 3.8) is 0 Å². The fourth-order valence-electron chi connectivity index (χ4n) is 4.91. The number of amides is 2. The van der Waals surface area contributed by atoms with Crippen LogP contribution in [0.3, 0.4) is 0 Å². The van der Waals surface area contributed by atoms with Crippen LogP contribution in [0, 0.1) is 17.8 Å². The molecule has 2 amide bonds. The van der Waals surface area contributed by atoms with Gasteiger partial charge in [-0.15, -0.1) is 0 Å². The Kier molecular flexibility index (Phi) is 4.98. The molecular weight excluding hydrogens is 328 g/mol. The molecule has 2 unspecified atom stereocenters. The zero-order valence-electron chi connectivity index (χ0n) is 15.2. The normalized spacial score (nSPS) is 26.2. The van der Waals surface area contributed by atoms with E-state index >= 15 is 0 Å². The van der Waals surface area contributed by atoms with Crippen LogP contribution in [0.25, 0.3) is 0 Å². The highest BCUT2D eigenvalue weighted by Crippen LogP contribution is 2.37. The Labute approximate surface area is 154 Å². The molecule has 2 atom stereocenters. The van der Waals surface area contributed by atoms with E-state index in [1.165, 1.54) is 30.4 Å². The summed E-state index contributed by atoms with van der Waals surface area (Å²) in [5.74, 6) is 1.23. The molecule has 1 aromatic carbocycles. The van der Waals surface area contributed by atoms with E-state index < -0.39 is 5.91 Å². The molecule has 2 aliphatic carbocycles. The van der Waals surface area contributed by atoms with Gasteiger partial charge in [-0.2, -0.15) is 0 Å². The average molecular weight is 356 g/mol. The standard InChI is InChI=1S/C21H28N2O3/c24-20(22-26)18-9-7-15-11-17(8-6-16(15)12-18)19-5-2-10-23(21(19)25)13-14-3-1-4-14/h7,9,12,14,17,19,26H,1-6,8,10-11,13H2,(H,22,24). The number of hydroxylamine groups is 1. The molecule has 0 radical (unpaired) electrons. The first-order valence-electron chi connectivity index (χ1n) is 10.0. The number of benzene rings is 1. The van der Waals surface area contributed by atoms with Crippen LogP contribution in [-0.2, 0) is 17.6 Å². The van der Waals surface area contributed by atoms with E-state index in [0.29, 0.717) is 17.4 Å². The topological polar surface area (TPSA) is 69.6 Å². The van der Waals surface area contributed by atoms with Gasteiger partial charge in [0, 0.05) is 24.6 Å². The van der Waals surface area contributed by atoms with Gasteiger partial charge in [-0.3, -0.25) is 14.8 Å². The van der Waals surface area contributed by atoms with Crippen LogP contribution in [0.5, 0.6) is 0 Å². The van der Waals surface area contributed by atoms with Gasteiger partial charge in [-0.25, -0.2) is 5.48 Å². The molecule has 4 rings (SSSR count). The van der Waals surface area contributed by atoms with E-state index in [1.54, 1.807) is 11.5 Å². The maximum atomic E-state index is 13.0. The molecule has 1 saturated carbocycles. The lowest BCUT2D eigenvalue weighted by molar-refractivity contribution is -0.142. The Morgan fingerprint density at radius 3 is 2.73 bits per heavy atom. The van der Waals surface area contributed by atoms with Crippen molar-refractivity contribution in [1.29, 1.82) is 0 Å². The summed E-state index contributed by atoms with van der Waals surface area (Å²) in [5, 5.41) is 8.80. The zero-order chi connectivity index (χ0) is 18.1. The van der Waals surface area contributed by atoms with Crippen molar-refractivity contribution in [3.8, 4) is 0 Å². The number of nitrogens with zero attached hydrogens (tertiary/aromatic N) is 1. The van der Waals surface area contributed by atoms with Gasteiger partial charge in [0.25, 0.3) is 5.91 Å². The van der Waals surface area contributed by atoms with Crippen LogP contribution in [-0.4, -0.2) is 35.0 Å². The molecule has 0 spiro atoms. The molecule has 0 aromatic heterocycles. The third-order valence-electron chi connectivity index (χ3n) is 6.68. The summed E-state index contributed by atoms with van der Waals surface area (Å²) >= 11 is 0. The van der Waals surface area contributed by atoms with E-state index in [2.05, 4.69) is 4.90 Å². The third-order valence-corrected chi connectivity index (χ3v) is 6.68. The molecule has 1 aromatic rings. The number of likely N-dealkylation sites (tertiary alicyclic amines) is 1. The van der Waals surface area contributed by atoms with Gasteiger partial charge >= 0.3 is 0 Å². The summed E-state index contributed by atoms with van der Waals surface area (Å²) < 4.78 is 0. The summed E-state index contributed by atoms with van der Waals surface area (Å²) in [6.07, 6.45) is 8.87. The fraction of sp³-hybridized carbons (Fsp3) is 0.619. The number of aryl methyl sites for hydroxylation is 1. The highest BCUT2D eigenvalue weighted by molar-refractivity contribution is 5.93. The van der Waals surface area contributed by atoms with Crippen molar-refractivity contribution in [2.75, 3.05) is 13.1 Å². The summed E-state index contributed by atoms with van der Waals surface area (Å²) in [7, 11) is 0. The summed E-state index contributed by atoms with van der Waals surface area (Å²) in [4.78, 5) is 26.8. The average Bonchev–Trinajstić information content (AvgIpc) is 2.64.